The van der Waals surface area contributed by atoms with Gasteiger partial charge in [-0.25, -0.2) is 9.97 Å². The minimum Gasteiger partial charge on any atom is -0.339 e. The van der Waals surface area contributed by atoms with Crippen LogP contribution in [0.15, 0.2) is 18.0 Å². The zero-order valence-corrected chi connectivity index (χ0v) is 11.6. The molecular weight excluding hydrogens is 270 g/mol. The van der Waals surface area contributed by atoms with Gasteiger partial charge in [0.2, 0.25) is 11.9 Å². The molecule has 0 saturated carbocycles. The van der Waals surface area contributed by atoms with Crippen molar-refractivity contribution in [3.05, 3.63) is 23.7 Å². The van der Waals surface area contributed by atoms with Gasteiger partial charge in [-0.2, -0.15) is 0 Å². The molecule has 21 heavy (non-hydrogen) atoms. The summed E-state index contributed by atoms with van der Waals surface area (Å²) in [5.41, 5.74) is 0.935. The van der Waals surface area contributed by atoms with Crippen LogP contribution in [0.4, 0.5) is 5.95 Å². The Labute approximate surface area is 122 Å². The van der Waals surface area contributed by atoms with E-state index < -0.39 is 0 Å². The highest BCUT2D eigenvalue weighted by Crippen LogP contribution is 2.13. The minimum atomic E-state index is -0.265. The normalized spacial score (nSPS) is 21.5. The van der Waals surface area contributed by atoms with Gasteiger partial charge in [-0.3, -0.25) is 9.59 Å². The number of allylic oxidation sites excluding steroid dienone is 1. The van der Waals surface area contributed by atoms with Crippen LogP contribution in [0, 0.1) is 0 Å². The maximum absolute atomic E-state index is 11.6. The van der Waals surface area contributed by atoms with Crippen LogP contribution in [0.25, 0.3) is 6.08 Å². The van der Waals surface area contributed by atoms with Crippen LogP contribution in [-0.4, -0.2) is 47.8 Å². The maximum atomic E-state index is 11.6. The zero-order valence-electron chi connectivity index (χ0n) is 11.6. The lowest BCUT2D eigenvalue weighted by Gasteiger charge is -2.19. The lowest BCUT2D eigenvalue weighted by atomic mass is 10.2. The van der Waals surface area contributed by atoms with Gasteiger partial charge in [0.1, 0.15) is 0 Å². The predicted octanol–water partition coefficient (Wildman–Crippen LogP) is -0.294. The van der Waals surface area contributed by atoms with Crippen molar-refractivity contribution < 1.29 is 9.59 Å². The number of Topliss-reactive ketones (excluding diaryl/α,β-unsaturated/α-hetero) is 1. The molecule has 110 valence electrons. The molecule has 3 rings (SSSR count). The molecule has 2 saturated heterocycles. The van der Waals surface area contributed by atoms with Crippen molar-refractivity contribution in [3.63, 3.8) is 0 Å². The lowest BCUT2D eigenvalue weighted by Crippen LogP contribution is -2.29. The average molecular weight is 287 g/mol. The van der Waals surface area contributed by atoms with Crippen molar-refractivity contribution in [2.75, 3.05) is 31.1 Å². The van der Waals surface area contributed by atoms with E-state index in [9.17, 15) is 9.59 Å². The van der Waals surface area contributed by atoms with Crippen molar-refractivity contribution in [3.8, 4) is 0 Å². The largest absolute Gasteiger partial charge is 0.339 e. The van der Waals surface area contributed by atoms with Gasteiger partial charge in [-0.1, -0.05) is 0 Å². The fraction of sp³-hybridized carbons (Fsp3) is 0.429. The Morgan fingerprint density at radius 2 is 2.14 bits per heavy atom. The fourth-order valence-corrected chi connectivity index (χ4v) is 2.41. The highest BCUT2D eigenvalue weighted by atomic mass is 16.2. The summed E-state index contributed by atoms with van der Waals surface area (Å²) in [4.78, 5) is 33.7. The summed E-state index contributed by atoms with van der Waals surface area (Å²) in [6.07, 6.45) is 4.24. The Morgan fingerprint density at radius 1 is 1.24 bits per heavy atom. The number of carbonyl (C=O) groups excluding carboxylic acids is 2. The summed E-state index contributed by atoms with van der Waals surface area (Å²) in [5, 5.41) is 5.88. The topological polar surface area (TPSA) is 87.2 Å². The van der Waals surface area contributed by atoms with Crippen molar-refractivity contribution in [2.24, 2.45) is 0 Å². The molecule has 1 aromatic heterocycles. The minimum absolute atomic E-state index is 0.0818. The molecule has 7 nitrogen and oxygen atoms in total. The van der Waals surface area contributed by atoms with Gasteiger partial charge < -0.3 is 15.5 Å². The van der Waals surface area contributed by atoms with E-state index >= 15 is 0 Å². The molecule has 1 aromatic rings. The van der Waals surface area contributed by atoms with Crippen LogP contribution in [0.5, 0.6) is 0 Å². The summed E-state index contributed by atoms with van der Waals surface area (Å²) in [6, 6.07) is 1.73. The number of amides is 1. The van der Waals surface area contributed by atoms with Gasteiger partial charge in [-0.15, -0.1) is 0 Å². The molecule has 0 aliphatic carbocycles. The second kappa shape index (κ2) is 6.01. The Bertz CT molecular complexity index is 591. The van der Waals surface area contributed by atoms with Gasteiger partial charge in [0.25, 0.3) is 0 Å². The fourth-order valence-electron chi connectivity index (χ4n) is 2.41. The molecule has 0 unspecified atom stereocenters. The van der Waals surface area contributed by atoms with Crippen molar-refractivity contribution in [2.45, 2.75) is 12.8 Å². The van der Waals surface area contributed by atoms with Crippen LogP contribution in [0.3, 0.4) is 0 Å². The van der Waals surface area contributed by atoms with Crippen LogP contribution in [0.1, 0.15) is 18.5 Å². The second-order valence-corrected chi connectivity index (χ2v) is 5.08. The average Bonchev–Trinajstić information content (AvgIpc) is 2.70. The second-order valence-electron chi connectivity index (χ2n) is 5.08. The van der Waals surface area contributed by atoms with Gasteiger partial charge in [0.15, 0.2) is 5.78 Å². The number of ketones is 1. The predicted molar refractivity (Wildman–Crippen MR) is 77.5 cm³/mol. The molecule has 0 aromatic carbocycles. The molecule has 0 radical (unpaired) electrons. The first kappa shape index (κ1) is 13.7. The third-order valence-corrected chi connectivity index (χ3v) is 3.48. The number of hydrogen-bond acceptors (Lipinski definition) is 6. The molecule has 0 bridgehead atoms. The highest BCUT2D eigenvalue weighted by Gasteiger charge is 2.24. The molecule has 2 aliphatic heterocycles. The van der Waals surface area contributed by atoms with E-state index in [2.05, 4.69) is 25.5 Å². The monoisotopic (exact) mass is 287 g/mol. The van der Waals surface area contributed by atoms with Crippen LogP contribution >= 0.6 is 0 Å². The lowest BCUT2D eigenvalue weighted by molar-refractivity contribution is -0.121. The number of carbonyl (C=O) groups is 2. The quantitative estimate of drug-likeness (QED) is 0.574. The standard InChI is InChI=1S/C14H17N5O2/c20-12-9-13(21)18-11(12)8-10-2-4-16-14(17-10)19-6-1-3-15-5-7-19/h2,4,8,15H,1,3,5-7,9H2,(H,18,21)/b11-8-. The van der Waals surface area contributed by atoms with Crippen LogP contribution in [0.2, 0.25) is 0 Å². The molecule has 0 spiro atoms. The Balaban J connectivity index is 1.81. The third kappa shape index (κ3) is 3.25. The van der Waals surface area contributed by atoms with E-state index in [4.69, 9.17) is 0 Å². The number of rotatable bonds is 2. The van der Waals surface area contributed by atoms with E-state index in [1.165, 1.54) is 0 Å². The molecule has 3 heterocycles. The number of hydrogen-bond donors (Lipinski definition) is 2. The first-order valence-electron chi connectivity index (χ1n) is 7.06. The molecule has 2 fully saturated rings. The summed E-state index contributed by atoms with van der Waals surface area (Å²) < 4.78 is 0. The van der Waals surface area contributed by atoms with Crippen LogP contribution < -0.4 is 15.5 Å². The van der Waals surface area contributed by atoms with Crippen molar-refractivity contribution >= 4 is 23.7 Å². The first-order chi connectivity index (χ1) is 10.2. The summed E-state index contributed by atoms with van der Waals surface area (Å²) in [6.45, 7) is 3.67. The van der Waals surface area contributed by atoms with E-state index in [-0.39, 0.29) is 18.1 Å². The van der Waals surface area contributed by atoms with Crippen LogP contribution in [-0.2, 0) is 9.59 Å². The number of nitrogens with one attached hydrogen (secondary N) is 2. The number of aromatic nitrogens is 2. The van der Waals surface area contributed by atoms with E-state index in [1.807, 2.05) is 0 Å². The Kier molecular flexibility index (Phi) is 3.92. The summed E-state index contributed by atoms with van der Waals surface area (Å²) in [7, 11) is 0. The van der Waals surface area contributed by atoms with Crippen molar-refractivity contribution in [1.82, 2.24) is 20.6 Å². The smallest absolute Gasteiger partial charge is 0.232 e. The Hall–Kier alpha value is -2.28. The van der Waals surface area contributed by atoms with Gasteiger partial charge >= 0.3 is 0 Å². The molecular formula is C14H17N5O2. The first-order valence-corrected chi connectivity index (χ1v) is 7.06. The molecule has 2 aliphatic rings. The summed E-state index contributed by atoms with van der Waals surface area (Å²) in [5.74, 6) is 0.197. The third-order valence-electron chi connectivity index (χ3n) is 3.48. The maximum Gasteiger partial charge on any atom is 0.232 e. The molecule has 0 atom stereocenters. The number of anilines is 1. The highest BCUT2D eigenvalue weighted by molar-refractivity contribution is 6.16. The summed E-state index contributed by atoms with van der Waals surface area (Å²) >= 11 is 0. The number of nitrogens with zero attached hydrogens (tertiary/aromatic N) is 3. The van der Waals surface area contributed by atoms with Gasteiger partial charge in [-0.05, 0) is 25.1 Å². The van der Waals surface area contributed by atoms with Gasteiger partial charge in [0.05, 0.1) is 17.8 Å². The van der Waals surface area contributed by atoms with E-state index in [1.54, 1.807) is 18.3 Å². The Morgan fingerprint density at radius 3 is 2.95 bits per heavy atom. The molecule has 7 heteroatoms. The van der Waals surface area contributed by atoms with E-state index in [0.29, 0.717) is 17.3 Å². The van der Waals surface area contributed by atoms with E-state index in [0.717, 1.165) is 32.6 Å². The molecule has 1 amide bonds. The van der Waals surface area contributed by atoms with Crippen molar-refractivity contribution in [1.29, 1.82) is 0 Å². The SMILES string of the molecule is O=C1CC(=O)/C(=C/c2ccnc(N3CCCNCC3)n2)N1. The molecule has 2 N–H and O–H groups in total. The van der Waals surface area contributed by atoms with Gasteiger partial charge in [0, 0.05) is 25.8 Å². The zero-order chi connectivity index (χ0) is 14.7.